The SMILES string of the molecule is CN[C@@H](C)C(=O)N[C@H](C(=O)N1CCC[C@H]1CN(CCc1ccccc1)C(=O)c1c[nH]c2ccccc12)C(C)(C)C. The third-order valence-corrected chi connectivity index (χ3v) is 7.94. The minimum atomic E-state index is -0.668. The predicted molar refractivity (Wildman–Crippen MR) is 159 cm³/mol. The smallest absolute Gasteiger partial charge is 0.256 e. The third kappa shape index (κ3) is 6.73. The van der Waals surface area contributed by atoms with Crippen LogP contribution in [0, 0.1) is 5.41 Å². The molecular weight excluding hydrogens is 502 g/mol. The lowest BCUT2D eigenvalue weighted by molar-refractivity contribution is -0.140. The molecule has 8 heteroatoms. The molecule has 2 aromatic carbocycles. The lowest BCUT2D eigenvalue weighted by atomic mass is 9.85. The second-order valence-electron chi connectivity index (χ2n) is 11.9. The van der Waals surface area contributed by atoms with E-state index in [0.29, 0.717) is 25.2 Å². The molecule has 3 N–H and O–H groups in total. The Labute approximate surface area is 237 Å². The number of fused-ring (bicyclic) bond motifs is 1. The molecule has 1 fully saturated rings. The summed E-state index contributed by atoms with van der Waals surface area (Å²) < 4.78 is 0. The van der Waals surface area contributed by atoms with Gasteiger partial charge in [0.2, 0.25) is 11.8 Å². The second-order valence-corrected chi connectivity index (χ2v) is 11.9. The van der Waals surface area contributed by atoms with E-state index in [1.54, 1.807) is 20.2 Å². The third-order valence-electron chi connectivity index (χ3n) is 7.94. The summed E-state index contributed by atoms with van der Waals surface area (Å²) in [5.41, 5.74) is 2.25. The van der Waals surface area contributed by atoms with Crippen molar-refractivity contribution < 1.29 is 14.4 Å². The summed E-state index contributed by atoms with van der Waals surface area (Å²) in [5, 5.41) is 6.83. The Morgan fingerprint density at radius 3 is 2.48 bits per heavy atom. The number of nitrogens with one attached hydrogen (secondary N) is 3. The van der Waals surface area contributed by atoms with Gasteiger partial charge in [0.1, 0.15) is 6.04 Å². The number of H-pyrrole nitrogens is 1. The summed E-state index contributed by atoms with van der Waals surface area (Å²) in [6, 6.07) is 16.8. The Morgan fingerprint density at radius 1 is 1.07 bits per heavy atom. The maximum atomic E-state index is 14.0. The Morgan fingerprint density at radius 2 is 1.77 bits per heavy atom. The van der Waals surface area contributed by atoms with E-state index in [0.717, 1.165) is 35.7 Å². The Balaban J connectivity index is 1.57. The van der Waals surface area contributed by atoms with Crippen LogP contribution in [-0.2, 0) is 16.0 Å². The lowest BCUT2D eigenvalue weighted by Gasteiger charge is -2.37. The predicted octanol–water partition coefficient (Wildman–Crippen LogP) is 3.98. The maximum Gasteiger partial charge on any atom is 0.256 e. The zero-order chi connectivity index (χ0) is 28.9. The van der Waals surface area contributed by atoms with Crippen molar-refractivity contribution in [2.45, 2.75) is 65.1 Å². The van der Waals surface area contributed by atoms with Crippen LogP contribution in [0.15, 0.2) is 60.8 Å². The topological polar surface area (TPSA) is 97.5 Å². The fourth-order valence-corrected chi connectivity index (χ4v) is 5.39. The molecule has 0 radical (unpaired) electrons. The van der Waals surface area contributed by atoms with Crippen LogP contribution in [0.5, 0.6) is 0 Å². The zero-order valence-corrected chi connectivity index (χ0v) is 24.4. The van der Waals surface area contributed by atoms with Gasteiger partial charge in [-0.2, -0.15) is 0 Å². The van der Waals surface area contributed by atoms with Crippen molar-refractivity contribution in [3.8, 4) is 0 Å². The fourth-order valence-electron chi connectivity index (χ4n) is 5.39. The summed E-state index contributed by atoms with van der Waals surface area (Å²) >= 11 is 0. The Hall–Kier alpha value is -3.65. The van der Waals surface area contributed by atoms with Gasteiger partial charge in [-0.25, -0.2) is 0 Å². The Bertz CT molecular complexity index is 1310. The molecule has 0 spiro atoms. The van der Waals surface area contributed by atoms with Crippen molar-refractivity contribution in [1.82, 2.24) is 25.4 Å². The first-order valence-electron chi connectivity index (χ1n) is 14.3. The highest BCUT2D eigenvalue weighted by atomic mass is 16.2. The second kappa shape index (κ2) is 12.7. The maximum absolute atomic E-state index is 14.0. The molecule has 40 heavy (non-hydrogen) atoms. The summed E-state index contributed by atoms with van der Waals surface area (Å²) in [5.74, 6) is -0.337. The van der Waals surface area contributed by atoms with Gasteiger partial charge in [0, 0.05) is 42.8 Å². The van der Waals surface area contributed by atoms with Gasteiger partial charge in [-0.05, 0) is 50.3 Å². The van der Waals surface area contributed by atoms with Crippen LogP contribution >= 0.6 is 0 Å². The monoisotopic (exact) mass is 545 g/mol. The van der Waals surface area contributed by atoms with E-state index >= 15 is 0 Å². The van der Waals surface area contributed by atoms with Crippen LogP contribution in [-0.4, -0.2) is 77.3 Å². The minimum absolute atomic E-state index is 0.0452. The van der Waals surface area contributed by atoms with Crippen molar-refractivity contribution >= 4 is 28.6 Å². The first-order chi connectivity index (χ1) is 19.1. The molecule has 1 aromatic heterocycles. The normalized spacial score (nSPS) is 17.0. The molecule has 0 unspecified atom stereocenters. The number of rotatable bonds is 10. The molecular formula is C32H43N5O3. The summed E-state index contributed by atoms with van der Waals surface area (Å²) in [6.45, 7) is 9.28. The number of aromatic amines is 1. The van der Waals surface area contributed by atoms with Crippen LogP contribution < -0.4 is 10.6 Å². The minimum Gasteiger partial charge on any atom is -0.360 e. The fraction of sp³-hybridized carbons (Fsp3) is 0.469. The van der Waals surface area contributed by atoms with Gasteiger partial charge < -0.3 is 25.4 Å². The standard InChI is InChI=1S/C32H43N5O3/c1-22(33-5)29(38)35-28(32(2,3)4)31(40)37-18-11-14-24(37)21-36(19-17-23-12-7-6-8-13-23)30(39)26-20-34-27-16-10-9-15-25(26)27/h6-10,12-13,15-16,20,22,24,28,33-34H,11,14,17-19,21H2,1-5H3,(H,35,38)/t22-,24-,28+/m0/s1. The first-order valence-corrected chi connectivity index (χ1v) is 14.3. The van der Waals surface area contributed by atoms with Crippen LogP contribution in [0.3, 0.4) is 0 Å². The largest absolute Gasteiger partial charge is 0.360 e. The van der Waals surface area contributed by atoms with Gasteiger partial charge in [-0.15, -0.1) is 0 Å². The van der Waals surface area contributed by atoms with Crippen LogP contribution in [0.25, 0.3) is 10.9 Å². The van der Waals surface area contributed by atoms with Crippen LogP contribution in [0.1, 0.15) is 56.5 Å². The molecule has 8 nitrogen and oxygen atoms in total. The molecule has 1 aliphatic heterocycles. The first kappa shape index (κ1) is 29.3. The van der Waals surface area contributed by atoms with Gasteiger partial charge in [0.05, 0.1) is 11.6 Å². The average molecular weight is 546 g/mol. The quantitative estimate of drug-likeness (QED) is 0.359. The molecule has 3 amide bonds. The number of nitrogens with zero attached hydrogens (tertiary/aromatic N) is 2. The number of hydrogen-bond acceptors (Lipinski definition) is 4. The van der Waals surface area contributed by atoms with Crippen molar-refractivity contribution in [2.75, 3.05) is 26.7 Å². The molecule has 2 heterocycles. The van der Waals surface area contributed by atoms with Gasteiger partial charge in [-0.3, -0.25) is 14.4 Å². The lowest BCUT2D eigenvalue weighted by Crippen LogP contribution is -2.59. The molecule has 214 valence electrons. The Kier molecular flexibility index (Phi) is 9.30. The molecule has 0 bridgehead atoms. The van der Waals surface area contributed by atoms with Crippen LogP contribution in [0.4, 0.5) is 0 Å². The molecule has 3 atom stereocenters. The van der Waals surface area contributed by atoms with E-state index in [1.807, 2.05) is 73.0 Å². The van der Waals surface area contributed by atoms with E-state index in [4.69, 9.17) is 0 Å². The van der Waals surface area contributed by atoms with Gasteiger partial charge in [0.25, 0.3) is 5.91 Å². The molecule has 4 rings (SSSR count). The van der Waals surface area contributed by atoms with Crippen molar-refractivity contribution in [1.29, 1.82) is 0 Å². The number of likely N-dealkylation sites (N-methyl/N-ethyl adjacent to an activating group) is 1. The summed E-state index contributed by atoms with van der Waals surface area (Å²) in [7, 11) is 1.73. The summed E-state index contributed by atoms with van der Waals surface area (Å²) in [6.07, 6.45) is 4.18. The van der Waals surface area contributed by atoms with Gasteiger partial charge in [-0.1, -0.05) is 69.3 Å². The zero-order valence-electron chi connectivity index (χ0n) is 24.4. The van der Waals surface area contributed by atoms with Crippen molar-refractivity contribution in [3.05, 3.63) is 71.9 Å². The number of para-hydroxylation sites is 1. The number of benzene rings is 2. The van der Waals surface area contributed by atoms with E-state index in [9.17, 15) is 14.4 Å². The number of carbonyl (C=O) groups excluding carboxylic acids is 3. The van der Waals surface area contributed by atoms with Crippen molar-refractivity contribution in [3.63, 3.8) is 0 Å². The van der Waals surface area contributed by atoms with E-state index in [2.05, 4.69) is 27.8 Å². The van der Waals surface area contributed by atoms with Crippen molar-refractivity contribution in [2.24, 2.45) is 5.41 Å². The van der Waals surface area contributed by atoms with E-state index < -0.39 is 17.5 Å². The van der Waals surface area contributed by atoms with Gasteiger partial charge in [0.15, 0.2) is 0 Å². The molecule has 0 saturated carbocycles. The van der Waals surface area contributed by atoms with E-state index in [1.165, 1.54) is 0 Å². The summed E-state index contributed by atoms with van der Waals surface area (Å²) in [4.78, 5) is 47.7. The number of amides is 3. The highest BCUT2D eigenvalue weighted by molar-refractivity contribution is 6.06. The van der Waals surface area contributed by atoms with Gasteiger partial charge >= 0.3 is 0 Å². The highest BCUT2D eigenvalue weighted by Gasteiger charge is 2.41. The molecule has 1 saturated heterocycles. The average Bonchev–Trinajstić information content (AvgIpc) is 3.59. The van der Waals surface area contributed by atoms with Crippen LogP contribution in [0.2, 0.25) is 0 Å². The molecule has 3 aromatic rings. The molecule has 0 aliphatic carbocycles. The van der Waals surface area contributed by atoms with E-state index in [-0.39, 0.29) is 23.8 Å². The number of likely N-dealkylation sites (tertiary alicyclic amines) is 1. The number of aromatic nitrogens is 1. The number of carbonyl (C=O) groups is 3. The number of hydrogen-bond donors (Lipinski definition) is 3. The molecule has 1 aliphatic rings. The highest BCUT2D eigenvalue weighted by Crippen LogP contribution is 2.27.